The van der Waals surface area contributed by atoms with Crippen LogP contribution in [0.5, 0.6) is 0 Å². The van der Waals surface area contributed by atoms with Gasteiger partial charge in [0.2, 0.25) is 0 Å². The molecule has 0 amide bonds. The molecule has 1 unspecified atom stereocenters. The molecule has 150 valence electrons. The Hall–Kier alpha value is 0.270. The summed E-state index contributed by atoms with van der Waals surface area (Å²) >= 11 is 1.52. The lowest BCUT2D eigenvalue weighted by Gasteiger charge is -2.07. The summed E-state index contributed by atoms with van der Waals surface area (Å²) in [7, 11) is 0. The molecule has 0 rings (SSSR count). The van der Waals surface area contributed by atoms with E-state index in [0.717, 1.165) is 12.8 Å². The SMILES string of the molecule is CCCCCCCCCCCCCCCCCCC([O])CSCC[O]. The average Bonchev–Trinajstić information content (AvgIpc) is 2.61. The third-order valence-electron chi connectivity index (χ3n) is 4.91. The van der Waals surface area contributed by atoms with Gasteiger partial charge in [-0.05, 0) is 6.42 Å². The fraction of sp³-hybridized carbons (Fsp3) is 1.00. The molecule has 1 atom stereocenters. The highest BCUT2D eigenvalue weighted by Gasteiger charge is 2.05. The summed E-state index contributed by atoms with van der Waals surface area (Å²) < 4.78 is 0. The fourth-order valence-electron chi connectivity index (χ4n) is 3.28. The molecular formula is C22H44O2S. The van der Waals surface area contributed by atoms with Crippen molar-refractivity contribution in [3.8, 4) is 0 Å². The first-order chi connectivity index (χ1) is 12.3. The van der Waals surface area contributed by atoms with Crippen molar-refractivity contribution in [3.63, 3.8) is 0 Å². The van der Waals surface area contributed by atoms with Crippen LogP contribution in [0, 0.1) is 0 Å². The van der Waals surface area contributed by atoms with Gasteiger partial charge in [0.25, 0.3) is 0 Å². The van der Waals surface area contributed by atoms with Gasteiger partial charge < -0.3 is 0 Å². The Labute approximate surface area is 162 Å². The normalized spacial score (nSPS) is 12.6. The van der Waals surface area contributed by atoms with Gasteiger partial charge in [-0.25, -0.2) is 10.2 Å². The Morgan fingerprint density at radius 2 is 1.04 bits per heavy atom. The van der Waals surface area contributed by atoms with Gasteiger partial charge in [-0.15, -0.1) is 0 Å². The molecule has 0 bridgehead atoms. The maximum absolute atomic E-state index is 11.6. The highest BCUT2D eigenvalue weighted by molar-refractivity contribution is 7.99. The number of rotatable bonds is 21. The third kappa shape index (κ3) is 22.2. The summed E-state index contributed by atoms with van der Waals surface area (Å²) in [4.78, 5) is 0. The second kappa shape index (κ2) is 22.3. The van der Waals surface area contributed by atoms with E-state index < -0.39 is 6.10 Å². The first-order valence-corrected chi connectivity index (χ1v) is 12.3. The van der Waals surface area contributed by atoms with E-state index in [0.29, 0.717) is 11.5 Å². The maximum Gasteiger partial charge on any atom is 0.102 e. The minimum absolute atomic E-state index is 0.0591. The topological polar surface area (TPSA) is 39.8 Å². The molecule has 0 N–H and O–H groups in total. The van der Waals surface area contributed by atoms with E-state index in [1.807, 2.05) is 0 Å². The minimum atomic E-state index is -0.455. The van der Waals surface area contributed by atoms with Crippen molar-refractivity contribution < 1.29 is 10.2 Å². The monoisotopic (exact) mass is 372 g/mol. The van der Waals surface area contributed by atoms with Crippen molar-refractivity contribution in [1.29, 1.82) is 0 Å². The molecule has 3 heteroatoms. The van der Waals surface area contributed by atoms with E-state index in [9.17, 15) is 10.2 Å². The summed E-state index contributed by atoms with van der Waals surface area (Å²) in [6.07, 6.45) is 22.3. The second-order valence-corrected chi connectivity index (χ2v) is 8.64. The molecule has 25 heavy (non-hydrogen) atoms. The zero-order chi connectivity index (χ0) is 18.4. The maximum atomic E-state index is 11.6. The smallest absolute Gasteiger partial charge is 0.102 e. The first-order valence-electron chi connectivity index (χ1n) is 11.1. The molecule has 0 saturated heterocycles. The zero-order valence-corrected chi connectivity index (χ0v) is 17.8. The zero-order valence-electron chi connectivity index (χ0n) is 16.9. The predicted octanol–water partition coefficient (Wildman–Crippen LogP) is 7.60. The Morgan fingerprint density at radius 1 is 0.640 bits per heavy atom. The van der Waals surface area contributed by atoms with Crippen molar-refractivity contribution in [1.82, 2.24) is 0 Å². The molecule has 0 aromatic heterocycles. The van der Waals surface area contributed by atoms with E-state index in [-0.39, 0.29) is 6.61 Å². The molecule has 0 aliphatic rings. The minimum Gasteiger partial charge on any atom is -0.236 e. The van der Waals surface area contributed by atoms with Crippen LogP contribution in [0.3, 0.4) is 0 Å². The van der Waals surface area contributed by atoms with E-state index in [1.165, 1.54) is 108 Å². The Balaban J connectivity index is 3.05. The molecule has 0 spiro atoms. The van der Waals surface area contributed by atoms with Gasteiger partial charge in [0.1, 0.15) is 6.10 Å². The van der Waals surface area contributed by atoms with Crippen LogP contribution in [0.15, 0.2) is 0 Å². The Bertz CT molecular complexity index is 236. The van der Waals surface area contributed by atoms with Crippen LogP contribution in [-0.4, -0.2) is 24.2 Å². The van der Waals surface area contributed by atoms with Crippen molar-refractivity contribution in [3.05, 3.63) is 0 Å². The lowest BCUT2D eigenvalue weighted by molar-refractivity contribution is 0.0989. The Morgan fingerprint density at radius 3 is 1.44 bits per heavy atom. The van der Waals surface area contributed by atoms with Crippen LogP contribution in [-0.2, 0) is 10.2 Å². The molecule has 0 aromatic carbocycles. The average molecular weight is 373 g/mol. The van der Waals surface area contributed by atoms with Crippen LogP contribution in [0.1, 0.15) is 116 Å². The third-order valence-corrected chi connectivity index (χ3v) is 5.97. The van der Waals surface area contributed by atoms with Gasteiger partial charge >= 0.3 is 0 Å². The van der Waals surface area contributed by atoms with Crippen molar-refractivity contribution in [2.45, 2.75) is 122 Å². The number of hydrogen-bond acceptors (Lipinski definition) is 1. The lowest BCUT2D eigenvalue weighted by atomic mass is 10.0. The van der Waals surface area contributed by atoms with E-state index in [1.54, 1.807) is 0 Å². The van der Waals surface area contributed by atoms with Crippen LogP contribution in [0.4, 0.5) is 0 Å². The molecule has 0 heterocycles. The Kier molecular flexibility index (Phi) is 22.6. The lowest BCUT2D eigenvalue weighted by Crippen LogP contribution is -2.08. The van der Waals surface area contributed by atoms with Gasteiger partial charge in [-0.1, -0.05) is 110 Å². The number of unbranched alkanes of at least 4 members (excludes halogenated alkanes) is 15. The highest BCUT2D eigenvalue weighted by Crippen LogP contribution is 2.15. The van der Waals surface area contributed by atoms with Gasteiger partial charge in [0, 0.05) is 11.5 Å². The fourth-order valence-corrected chi connectivity index (χ4v) is 3.99. The van der Waals surface area contributed by atoms with E-state index >= 15 is 0 Å². The van der Waals surface area contributed by atoms with Crippen molar-refractivity contribution in [2.24, 2.45) is 0 Å². The molecule has 0 aliphatic carbocycles. The second-order valence-electron chi connectivity index (χ2n) is 7.49. The van der Waals surface area contributed by atoms with Crippen LogP contribution >= 0.6 is 11.8 Å². The highest BCUT2D eigenvalue weighted by atomic mass is 32.2. The van der Waals surface area contributed by atoms with Gasteiger partial charge in [0.15, 0.2) is 0 Å². The summed E-state index contributed by atoms with van der Waals surface area (Å²) in [6, 6.07) is 0. The van der Waals surface area contributed by atoms with Gasteiger partial charge in [-0.2, -0.15) is 11.8 Å². The van der Waals surface area contributed by atoms with Crippen molar-refractivity contribution >= 4 is 11.8 Å². The molecule has 0 aromatic rings. The summed E-state index contributed by atoms with van der Waals surface area (Å²) in [5.41, 5.74) is 0. The number of hydrogen-bond donors (Lipinski definition) is 0. The quantitative estimate of drug-likeness (QED) is 0.191. The van der Waals surface area contributed by atoms with Crippen LogP contribution in [0.25, 0.3) is 0 Å². The molecule has 0 saturated carbocycles. The van der Waals surface area contributed by atoms with Gasteiger partial charge in [-0.3, -0.25) is 0 Å². The molecule has 0 fully saturated rings. The molecule has 0 aliphatic heterocycles. The van der Waals surface area contributed by atoms with Crippen LogP contribution < -0.4 is 0 Å². The van der Waals surface area contributed by atoms with E-state index in [4.69, 9.17) is 0 Å². The summed E-state index contributed by atoms with van der Waals surface area (Å²) in [5, 5.41) is 21.9. The predicted molar refractivity (Wildman–Crippen MR) is 112 cm³/mol. The summed E-state index contributed by atoms with van der Waals surface area (Å²) in [5.74, 6) is 1.22. The number of thioether (sulfide) groups is 1. The molecule has 2 radical (unpaired) electrons. The standard InChI is InChI=1S/C22H44O2S/c1-2-3-4-5-6-7-8-9-10-11-12-13-14-15-16-17-18-22(24)21-25-20-19-23/h22H,2-21H2,1H3. The molecular weight excluding hydrogens is 328 g/mol. The van der Waals surface area contributed by atoms with Gasteiger partial charge in [0.05, 0.1) is 6.61 Å². The first kappa shape index (κ1) is 25.3. The van der Waals surface area contributed by atoms with Crippen molar-refractivity contribution in [2.75, 3.05) is 18.1 Å². The summed E-state index contributed by atoms with van der Waals surface area (Å²) in [6.45, 7) is 2.22. The van der Waals surface area contributed by atoms with Crippen LogP contribution in [0.2, 0.25) is 0 Å². The molecule has 2 nitrogen and oxygen atoms in total. The largest absolute Gasteiger partial charge is 0.236 e. The van der Waals surface area contributed by atoms with E-state index in [2.05, 4.69) is 6.92 Å².